The van der Waals surface area contributed by atoms with Crippen molar-refractivity contribution in [1.82, 2.24) is 20.9 Å². The van der Waals surface area contributed by atoms with E-state index in [0.717, 1.165) is 0 Å². The van der Waals surface area contributed by atoms with Crippen molar-refractivity contribution in [2.24, 2.45) is 0 Å². The van der Waals surface area contributed by atoms with Crippen LogP contribution in [-0.2, 0) is 0 Å². The lowest BCUT2D eigenvalue weighted by Gasteiger charge is -2.24. The lowest BCUT2D eigenvalue weighted by atomic mass is 10.1. The zero-order chi connectivity index (χ0) is 19.9. The number of hydrazine groups is 1. The molecule has 0 saturated carbocycles. The first-order valence-corrected chi connectivity index (χ1v) is 9.12. The average Bonchev–Trinajstić information content (AvgIpc) is 2.84. The third kappa shape index (κ3) is 4.20. The zero-order valence-corrected chi connectivity index (χ0v) is 16.8. The zero-order valence-electron chi connectivity index (χ0n) is 15.3. The van der Waals surface area contributed by atoms with Crippen LogP contribution in [0, 0.1) is 0 Å². The molecule has 1 saturated heterocycles. The van der Waals surface area contributed by atoms with E-state index in [1.807, 2.05) is 27.7 Å². The molecule has 146 valence electrons. The van der Waals surface area contributed by atoms with Crippen LogP contribution in [0.3, 0.4) is 0 Å². The summed E-state index contributed by atoms with van der Waals surface area (Å²) in [5, 5.41) is 21.4. The van der Waals surface area contributed by atoms with Gasteiger partial charge >= 0.3 is 0 Å². The number of aliphatic hydroxyl groups is 1. The highest BCUT2D eigenvalue weighted by Gasteiger charge is 2.35. The molecule has 1 aliphatic rings. The van der Waals surface area contributed by atoms with Crippen LogP contribution in [0.1, 0.15) is 39.2 Å². The second kappa shape index (κ2) is 7.29. The fraction of sp³-hybridized carbons (Fsp3) is 0.412. The SMILES string of the molecule is CC(C)c1cc(Oc2c(Cl)cc(N3NC(C)(C)NC3O)cc2Cl)n[nH]c1=O. The second-order valence-electron chi connectivity index (χ2n) is 7.11. The Hall–Kier alpha value is -1.84. The summed E-state index contributed by atoms with van der Waals surface area (Å²) in [6, 6.07) is 4.77. The van der Waals surface area contributed by atoms with E-state index >= 15 is 0 Å². The number of aliphatic hydroxyl groups excluding tert-OH is 1. The van der Waals surface area contributed by atoms with Gasteiger partial charge in [0.25, 0.3) is 5.56 Å². The quantitative estimate of drug-likeness (QED) is 0.610. The van der Waals surface area contributed by atoms with Gasteiger partial charge in [0.05, 0.1) is 21.4 Å². The van der Waals surface area contributed by atoms with Crippen molar-refractivity contribution in [2.75, 3.05) is 5.01 Å². The number of hydrogen-bond acceptors (Lipinski definition) is 7. The van der Waals surface area contributed by atoms with E-state index in [0.29, 0.717) is 11.3 Å². The molecule has 10 heteroatoms. The lowest BCUT2D eigenvalue weighted by Crippen LogP contribution is -2.45. The minimum absolute atomic E-state index is 0.00556. The Morgan fingerprint density at radius 3 is 2.41 bits per heavy atom. The molecule has 0 aliphatic carbocycles. The summed E-state index contributed by atoms with van der Waals surface area (Å²) in [7, 11) is 0. The van der Waals surface area contributed by atoms with Gasteiger partial charge in [-0.3, -0.25) is 15.1 Å². The van der Waals surface area contributed by atoms with Gasteiger partial charge < -0.3 is 9.84 Å². The third-order valence-corrected chi connectivity index (χ3v) is 4.59. The van der Waals surface area contributed by atoms with E-state index in [1.54, 1.807) is 18.2 Å². The maximum atomic E-state index is 11.8. The van der Waals surface area contributed by atoms with Crippen molar-refractivity contribution < 1.29 is 9.84 Å². The first kappa shape index (κ1) is 19.9. The Kier molecular flexibility index (Phi) is 5.38. The number of aromatic nitrogens is 2. The number of hydrogen-bond donors (Lipinski definition) is 4. The van der Waals surface area contributed by atoms with Gasteiger partial charge in [0.1, 0.15) is 0 Å². The molecule has 8 nitrogen and oxygen atoms in total. The molecular formula is C17H21Cl2N5O3. The van der Waals surface area contributed by atoms with E-state index in [4.69, 9.17) is 27.9 Å². The van der Waals surface area contributed by atoms with E-state index in [9.17, 15) is 9.90 Å². The second-order valence-corrected chi connectivity index (χ2v) is 7.93. The third-order valence-electron chi connectivity index (χ3n) is 4.03. The Morgan fingerprint density at radius 2 is 1.89 bits per heavy atom. The molecule has 0 spiro atoms. The molecule has 27 heavy (non-hydrogen) atoms. The van der Waals surface area contributed by atoms with Crippen LogP contribution in [0.5, 0.6) is 11.6 Å². The summed E-state index contributed by atoms with van der Waals surface area (Å²) in [6.45, 7) is 7.55. The van der Waals surface area contributed by atoms with Crippen LogP contribution >= 0.6 is 23.2 Å². The molecule has 1 aliphatic heterocycles. The molecule has 1 fully saturated rings. The van der Waals surface area contributed by atoms with Crippen LogP contribution in [0.4, 0.5) is 5.69 Å². The Morgan fingerprint density at radius 1 is 1.26 bits per heavy atom. The standard InChI is InChI=1S/C17H21Cl2N5O3/c1-8(2)10-7-13(21-22-15(10)25)27-14-11(18)5-9(6-12(14)19)24-16(26)20-17(3,4)23-24/h5-8,16,20,23,26H,1-4H3,(H,22,25). The number of nitrogens with one attached hydrogen (secondary N) is 3. The van der Waals surface area contributed by atoms with Gasteiger partial charge in [-0.2, -0.15) is 0 Å². The van der Waals surface area contributed by atoms with E-state index in [1.165, 1.54) is 5.01 Å². The van der Waals surface area contributed by atoms with Crippen LogP contribution in [-0.4, -0.2) is 27.3 Å². The minimum Gasteiger partial charge on any atom is -0.434 e. The number of halogens is 2. The van der Waals surface area contributed by atoms with Gasteiger partial charge in [0.15, 0.2) is 12.1 Å². The predicted octanol–water partition coefficient (Wildman–Crippen LogP) is 2.92. The number of anilines is 1. The molecular weight excluding hydrogens is 393 g/mol. The molecule has 2 heterocycles. The average molecular weight is 414 g/mol. The van der Waals surface area contributed by atoms with E-state index in [2.05, 4.69) is 20.9 Å². The van der Waals surface area contributed by atoms with Crippen LogP contribution in [0.15, 0.2) is 23.0 Å². The monoisotopic (exact) mass is 413 g/mol. The molecule has 4 N–H and O–H groups in total. The summed E-state index contributed by atoms with van der Waals surface area (Å²) >= 11 is 12.7. The molecule has 3 rings (SSSR count). The highest BCUT2D eigenvalue weighted by molar-refractivity contribution is 6.37. The first-order valence-electron chi connectivity index (χ1n) is 8.37. The number of aromatic amines is 1. The topological polar surface area (TPSA) is 103 Å². The van der Waals surface area contributed by atoms with Crippen LogP contribution < -0.4 is 26.0 Å². The highest BCUT2D eigenvalue weighted by atomic mass is 35.5. The van der Waals surface area contributed by atoms with Gasteiger partial charge in [-0.05, 0) is 31.9 Å². The maximum absolute atomic E-state index is 11.8. The predicted molar refractivity (Wildman–Crippen MR) is 104 cm³/mol. The Balaban J connectivity index is 1.90. The first-order chi connectivity index (χ1) is 12.6. The minimum atomic E-state index is -0.951. The highest BCUT2D eigenvalue weighted by Crippen LogP contribution is 2.40. The fourth-order valence-corrected chi connectivity index (χ4v) is 3.31. The molecule has 1 aromatic heterocycles. The number of H-pyrrole nitrogens is 1. The molecule has 1 aromatic carbocycles. The van der Waals surface area contributed by atoms with Crippen LogP contribution in [0.25, 0.3) is 0 Å². The largest absolute Gasteiger partial charge is 0.434 e. The molecule has 0 bridgehead atoms. The summed E-state index contributed by atoms with van der Waals surface area (Å²) in [4.78, 5) is 11.8. The number of nitrogens with zero attached hydrogens (tertiary/aromatic N) is 2. The normalized spacial score (nSPS) is 19.0. The Bertz CT molecular complexity index is 893. The fourth-order valence-electron chi connectivity index (χ4n) is 2.76. The summed E-state index contributed by atoms with van der Waals surface area (Å²) < 4.78 is 5.71. The number of rotatable bonds is 4. The Labute approximate surface area is 166 Å². The van der Waals surface area contributed by atoms with Gasteiger partial charge in [0.2, 0.25) is 5.88 Å². The van der Waals surface area contributed by atoms with E-state index in [-0.39, 0.29) is 33.2 Å². The molecule has 1 unspecified atom stereocenters. The molecule has 0 amide bonds. The molecule has 0 radical (unpaired) electrons. The van der Waals surface area contributed by atoms with Gasteiger partial charge in [-0.1, -0.05) is 37.0 Å². The molecule has 2 aromatic rings. The van der Waals surface area contributed by atoms with Crippen molar-refractivity contribution in [1.29, 1.82) is 0 Å². The lowest BCUT2D eigenvalue weighted by molar-refractivity contribution is 0.147. The van der Waals surface area contributed by atoms with Gasteiger partial charge in [0, 0.05) is 11.6 Å². The number of benzene rings is 1. The summed E-state index contributed by atoms with van der Waals surface area (Å²) in [5.41, 5.74) is 3.44. The maximum Gasteiger partial charge on any atom is 0.267 e. The van der Waals surface area contributed by atoms with Gasteiger partial charge in [-0.15, -0.1) is 5.10 Å². The van der Waals surface area contributed by atoms with Crippen molar-refractivity contribution >= 4 is 28.9 Å². The van der Waals surface area contributed by atoms with Crippen LogP contribution in [0.2, 0.25) is 10.0 Å². The van der Waals surface area contributed by atoms with Crippen molar-refractivity contribution in [3.63, 3.8) is 0 Å². The summed E-state index contributed by atoms with van der Waals surface area (Å²) in [6.07, 6.45) is -0.951. The van der Waals surface area contributed by atoms with Gasteiger partial charge in [-0.25, -0.2) is 10.5 Å². The van der Waals surface area contributed by atoms with Crippen molar-refractivity contribution in [2.45, 2.75) is 45.6 Å². The van der Waals surface area contributed by atoms with Crippen molar-refractivity contribution in [3.8, 4) is 11.6 Å². The van der Waals surface area contributed by atoms with E-state index < -0.39 is 12.0 Å². The summed E-state index contributed by atoms with van der Waals surface area (Å²) in [5.74, 6) is 0.389. The molecule has 1 atom stereocenters. The number of ether oxygens (including phenoxy) is 1. The van der Waals surface area contributed by atoms with Crippen molar-refractivity contribution in [3.05, 3.63) is 44.2 Å². The smallest absolute Gasteiger partial charge is 0.267 e.